The van der Waals surface area contributed by atoms with Crippen LogP contribution in [-0.4, -0.2) is 6.04 Å². The van der Waals surface area contributed by atoms with E-state index in [-0.39, 0.29) is 5.54 Å². The van der Waals surface area contributed by atoms with Crippen LogP contribution in [0.4, 0.5) is 0 Å². The predicted octanol–water partition coefficient (Wildman–Crippen LogP) is 4.30. The molecular formula is C15H23NS. The molecule has 2 aliphatic carbocycles. The second-order valence-electron chi connectivity index (χ2n) is 5.93. The van der Waals surface area contributed by atoms with Crippen molar-refractivity contribution < 1.29 is 0 Å². The van der Waals surface area contributed by atoms with E-state index in [0.29, 0.717) is 0 Å². The lowest BCUT2D eigenvalue weighted by atomic mass is 9.80. The monoisotopic (exact) mass is 249 g/mol. The quantitative estimate of drug-likeness (QED) is 0.839. The van der Waals surface area contributed by atoms with Crippen molar-refractivity contribution in [3.63, 3.8) is 0 Å². The van der Waals surface area contributed by atoms with E-state index in [4.69, 9.17) is 0 Å². The first-order valence-corrected chi connectivity index (χ1v) is 7.99. The summed E-state index contributed by atoms with van der Waals surface area (Å²) >= 11 is 1.93. The molecule has 1 heterocycles. The van der Waals surface area contributed by atoms with Crippen molar-refractivity contribution in [2.45, 2.75) is 63.5 Å². The van der Waals surface area contributed by atoms with Crippen LogP contribution < -0.4 is 5.32 Å². The Morgan fingerprint density at radius 3 is 2.47 bits per heavy atom. The van der Waals surface area contributed by atoms with Crippen LogP contribution >= 0.6 is 11.3 Å². The van der Waals surface area contributed by atoms with Gasteiger partial charge in [0.2, 0.25) is 0 Å². The zero-order chi connectivity index (χ0) is 11.7. The van der Waals surface area contributed by atoms with E-state index in [1.54, 1.807) is 4.88 Å². The first-order chi connectivity index (χ1) is 8.29. The highest BCUT2D eigenvalue weighted by molar-refractivity contribution is 7.10. The number of hydrogen-bond acceptors (Lipinski definition) is 2. The normalized spacial score (nSPS) is 25.7. The Morgan fingerprint density at radius 2 is 1.94 bits per heavy atom. The summed E-state index contributed by atoms with van der Waals surface area (Å²) in [6.07, 6.45) is 9.86. The molecule has 2 heteroatoms. The third-order valence-corrected chi connectivity index (χ3v) is 5.92. The van der Waals surface area contributed by atoms with Gasteiger partial charge in [-0.05, 0) is 50.0 Å². The molecule has 0 bridgehead atoms. The summed E-state index contributed by atoms with van der Waals surface area (Å²) in [5.41, 5.74) is 0.246. The maximum atomic E-state index is 3.98. The van der Waals surface area contributed by atoms with Crippen LogP contribution in [0.15, 0.2) is 17.5 Å². The molecule has 1 unspecified atom stereocenters. The fourth-order valence-corrected chi connectivity index (χ4v) is 4.38. The van der Waals surface area contributed by atoms with Gasteiger partial charge in [-0.3, -0.25) is 0 Å². The van der Waals surface area contributed by atoms with Crippen LogP contribution in [0.5, 0.6) is 0 Å². The minimum absolute atomic E-state index is 0.246. The molecule has 0 amide bonds. The third-order valence-electron chi connectivity index (χ3n) is 4.81. The highest BCUT2D eigenvalue weighted by atomic mass is 32.1. The van der Waals surface area contributed by atoms with E-state index in [1.165, 1.54) is 44.9 Å². The Hall–Kier alpha value is -0.340. The van der Waals surface area contributed by atoms with Gasteiger partial charge in [-0.1, -0.05) is 25.3 Å². The second-order valence-corrected chi connectivity index (χ2v) is 6.88. The number of thiophene rings is 1. The Kier molecular flexibility index (Phi) is 3.27. The van der Waals surface area contributed by atoms with Gasteiger partial charge in [-0.2, -0.15) is 0 Å². The van der Waals surface area contributed by atoms with Crippen molar-refractivity contribution >= 4 is 11.3 Å². The smallest absolute Gasteiger partial charge is 0.0530 e. The van der Waals surface area contributed by atoms with E-state index < -0.39 is 0 Å². The van der Waals surface area contributed by atoms with E-state index in [0.717, 1.165) is 12.0 Å². The number of rotatable bonds is 4. The van der Waals surface area contributed by atoms with Gasteiger partial charge in [0.1, 0.15) is 0 Å². The Labute approximate surface area is 109 Å². The third kappa shape index (κ3) is 2.17. The molecule has 2 saturated carbocycles. The molecule has 0 aromatic carbocycles. The highest BCUT2D eigenvalue weighted by Gasteiger charge is 2.40. The van der Waals surface area contributed by atoms with Gasteiger partial charge < -0.3 is 5.32 Å². The Balaban J connectivity index is 1.82. The lowest BCUT2D eigenvalue weighted by molar-refractivity contribution is 0.174. The summed E-state index contributed by atoms with van der Waals surface area (Å²) in [7, 11) is 0. The van der Waals surface area contributed by atoms with Gasteiger partial charge in [-0.15, -0.1) is 11.3 Å². The summed E-state index contributed by atoms with van der Waals surface area (Å²) in [6.45, 7) is 2.45. The maximum absolute atomic E-state index is 3.98. The first-order valence-electron chi connectivity index (χ1n) is 7.11. The van der Waals surface area contributed by atoms with Crippen molar-refractivity contribution in [1.29, 1.82) is 0 Å². The van der Waals surface area contributed by atoms with Crippen molar-refractivity contribution in [2.24, 2.45) is 5.92 Å². The van der Waals surface area contributed by atoms with Gasteiger partial charge in [0, 0.05) is 10.9 Å². The molecule has 17 heavy (non-hydrogen) atoms. The van der Waals surface area contributed by atoms with Gasteiger partial charge in [-0.25, -0.2) is 0 Å². The molecule has 0 radical (unpaired) electrons. The molecule has 0 spiro atoms. The lowest BCUT2D eigenvalue weighted by Crippen LogP contribution is -2.52. The lowest BCUT2D eigenvalue weighted by Gasteiger charge is -2.42. The molecule has 1 aromatic heterocycles. The summed E-state index contributed by atoms with van der Waals surface area (Å²) in [4.78, 5) is 1.55. The molecule has 1 aromatic rings. The van der Waals surface area contributed by atoms with Crippen LogP contribution in [0, 0.1) is 5.92 Å². The van der Waals surface area contributed by atoms with Crippen molar-refractivity contribution in [1.82, 2.24) is 5.32 Å². The largest absolute Gasteiger partial charge is 0.304 e. The van der Waals surface area contributed by atoms with Crippen LogP contribution in [0.25, 0.3) is 0 Å². The van der Waals surface area contributed by atoms with Crippen molar-refractivity contribution in [2.75, 3.05) is 0 Å². The molecule has 2 fully saturated rings. The van der Waals surface area contributed by atoms with Gasteiger partial charge >= 0.3 is 0 Å². The van der Waals surface area contributed by atoms with Crippen molar-refractivity contribution in [3.05, 3.63) is 22.4 Å². The number of nitrogens with one attached hydrogen (secondary N) is 1. The molecule has 1 N–H and O–H groups in total. The summed E-state index contributed by atoms with van der Waals surface area (Å²) in [6, 6.07) is 5.31. The van der Waals surface area contributed by atoms with E-state index in [2.05, 4.69) is 29.8 Å². The van der Waals surface area contributed by atoms with Crippen LogP contribution in [-0.2, 0) is 5.54 Å². The van der Waals surface area contributed by atoms with Gasteiger partial charge in [0.05, 0.1) is 5.54 Å². The predicted molar refractivity (Wildman–Crippen MR) is 74.4 cm³/mol. The van der Waals surface area contributed by atoms with Gasteiger partial charge in [0.25, 0.3) is 0 Å². The van der Waals surface area contributed by atoms with Crippen LogP contribution in [0.1, 0.15) is 56.7 Å². The fourth-order valence-electron chi connectivity index (χ4n) is 3.44. The molecular weight excluding hydrogens is 226 g/mol. The maximum Gasteiger partial charge on any atom is 0.0530 e. The standard InChI is InChI=1S/C15H23NS/c1-15(12-6-2-3-7-12,14-10-5-11-17-14)16-13-8-4-9-13/h5,10-13,16H,2-4,6-9H2,1H3. The minimum Gasteiger partial charge on any atom is -0.304 e. The second kappa shape index (κ2) is 4.74. The van der Waals surface area contributed by atoms with E-state index in [1.807, 2.05) is 11.3 Å². The SMILES string of the molecule is CC(NC1CCC1)(c1cccs1)C1CCCC1. The van der Waals surface area contributed by atoms with E-state index in [9.17, 15) is 0 Å². The summed E-state index contributed by atoms with van der Waals surface area (Å²) < 4.78 is 0. The Morgan fingerprint density at radius 1 is 1.18 bits per heavy atom. The molecule has 0 saturated heterocycles. The zero-order valence-electron chi connectivity index (χ0n) is 10.7. The average Bonchev–Trinajstić information content (AvgIpc) is 2.93. The molecule has 1 nitrogen and oxygen atoms in total. The molecule has 1 atom stereocenters. The van der Waals surface area contributed by atoms with Gasteiger partial charge in [0.15, 0.2) is 0 Å². The molecule has 3 rings (SSSR count). The highest BCUT2D eigenvalue weighted by Crippen LogP contribution is 2.43. The average molecular weight is 249 g/mol. The molecule has 2 aliphatic rings. The van der Waals surface area contributed by atoms with Crippen LogP contribution in [0.2, 0.25) is 0 Å². The minimum atomic E-state index is 0.246. The first kappa shape index (κ1) is 11.7. The Bertz CT molecular complexity index is 349. The summed E-state index contributed by atoms with van der Waals surface area (Å²) in [5, 5.41) is 6.21. The zero-order valence-corrected chi connectivity index (χ0v) is 11.6. The fraction of sp³-hybridized carbons (Fsp3) is 0.733. The topological polar surface area (TPSA) is 12.0 Å². The van der Waals surface area contributed by atoms with Crippen LogP contribution in [0.3, 0.4) is 0 Å². The van der Waals surface area contributed by atoms with Crippen molar-refractivity contribution in [3.8, 4) is 0 Å². The molecule has 0 aliphatic heterocycles. The molecule has 94 valence electrons. The van der Waals surface area contributed by atoms with E-state index >= 15 is 0 Å². The number of hydrogen-bond donors (Lipinski definition) is 1. The summed E-state index contributed by atoms with van der Waals surface area (Å²) in [5.74, 6) is 0.849.